The van der Waals surface area contributed by atoms with Gasteiger partial charge in [0.05, 0.1) is 5.52 Å². The summed E-state index contributed by atoms with van der Waals surface area (Å²) in [4.78, 5) is 23.1. The van der Waals surface area contributed by atoms with Crippen molar-refractivity contribution in [1.82, 2.24) is 14.9 Å². The SMILES string of the molecule is CN(c1nc(N)c2ccccc2n1)[C@H]1CCN(CC(F)(F)F)C1=O. The Morgan fingerprint density at radius 3 is 2.75 bits per heavy atom. The number of likely N-dealkylation sites (tertiary alicyclic amines) is 1. The third-order valence-corrected chi connectivity index (χ3v) is 4.04. The molecule has 1 amide bonds. The van der Waals surface area contributed by atoms with Gasteiger partial charge in [0, 0.05) is 19.0 Å². The van der Waals surface area contributed by atoms with Gasteiger partial charge in [0.25, 0.3) is 0 Å². The highest BCUT2D eigenvalue weighted by Crippen LogP contribution is 2.26. The molecule has 3 rings (SSSR count). The largest absolute Gasteiger partial charge is 0.406 e. The molecule has 24 heavy (non-hydrogen) atoms. The van der Waals surface area contributed by atoms with Gasteiger partial charge in [-0.15, -0.1) is 0 Å². The summed E-state index contributed by atoms with van der Waals surface area (Å²) in [5, 5.41) is 0.686. The number of para-hydroxylation sites is 1. The van der Waals surface area contributed by atoms with E-state index >= 15 is 0 Å². The highest BCUT2D eigenvalue weighted by atomic mass is 19.4. The van der Waals surface area contributed by atoms with Crippen molar-refractivity contribution < 1.29 is 18.0 Å². The monoisotopic (exact) mass is 339 g/mol. The molecule has 1 fully saturated rings. The zero-order valence-corrected chi connectivity index (χ0v) is 12.9. The van der Waals surface area contributed by atoms with E-state index in [2.05, 4.69) is 9.97 Å². The fourth-order valence-corrected chi connectivity index (χ4v) is 2.84. The molecule has 9 heteroatoms. The first kappa shape index (κ1) is 16.3. The van der Waals surface area contributed by atoms with Crippen LogP contribution in [0.2, 0.25) is 0 Å². The van der Waals surface area contributed by atoms with Crippen molar-refractivity contribution in [3.05, 3.63) is 24.3 Å². The molecule has 128 valence electrons. The molecule has 0 aliphatic carbocycles. The van der Waals surface area contributed by atoms with Crippen molar-refractivity contribution in [3.8, 4) is 0 Å². The van der Waals surface area contributed by atoms with Crippen LogP contribution in [0, 0.1) is 0 Å². The number of fused-ring (bicyclic) bond motifs is 1. The smallest absolute Gasteiger partial charge is 0.383 e. The summed E-state index contributed by atoms with van der Waals surface area (Å²) in [5.74, 6) is -0.0939. The second kappa shape index (κ2) is 5.81. The predicted molar refractivity (Wildman–Crippen MR) is 83.4 cm³/mol. The van der Waals surface area contributed by atoms with E-state index in [9.17, 15) is 18.0 Å². The summed E-state index contributed by atoms with van der Waals surface area (Å²) in [7, 11) is 1.59. The Hall–Kier alpha value is -2.58. The van der Waals surface area contributed by atoms with Crippen LogP contribution >= 0.6 is 0 Å². The van der Waals surface area contributed by atoms with Gasteiger partial charge in [-0.3, -0.25) is 4.79 Å². The van der Waals surface area contributed by atoms with Gasteiger partial charge in [0.2, 0.25) is 11.9 Å². The van der Waals surface area contributed by atoms with Crippen LogP contribution in [-0.2, 0) is 4.79 Å². The number of aromatic nitrogens is 2. The van der Waals surface area contributed by atoms with Crippen LogP contribution in [0.4, 0.5) is 24.9 Å². The highest BCUT2D eigenvalue weighted by Gasteiger charge is 2.41. The minimum Gasteiger partial charge on any atom is -0.383 e. The Morgan fingerprint density at radius 2 is 2.04 bits per heavy atom. The number of halogens is 3. The molecule has 0 saturated carbocycles. The molecule has 0 radical (unpaired) electrons. The van der Waals surface area contributed by atoms with Gasteiger partial charge in [-0.25, -0.2) is 4.98 Å². The second-order valence-electron chi connectivity index (χ2n) is 5.72. The number of nitrogen functional groups attached to an aromatic ring is 1. The fraction of sp³-hybridized carbons (Fsp3) is 0.400. The lowest BCUT2D eigenvalue weighted by Crippen LogP contribution is -2.43. The first-order valence-corrected chi connectivity index (χ1v) is 7.37. The van der Waals surface area contributed by atoms with Crippen molar-refractivity contribution in [2.75, 3.05) is 30.8 Å². The normalized spacial score (nSPS) is 18.4. The third-order valence-electron chi connectivity index (χ3n) is 4.04. The van der Waals surface area contributed by atoms with Crippen LogP contribution in [-0.4, -0.2) is 53.1 Å². The van der Waals surface area contributed by atoms with E-state index < -0.39 is 24.7 Å². The molecule has 0 bridgehead atoms. The van der Waals surface area contributed by atoms with Gasteiger partial charge in [0.15, 0.2) is 0 Å². The maximum absolute atomic E-state index is 12.5. The number of alkyl halides is 3. The Kier molecular flexibility index (Phi) is 3.94. The number of likely N-dealkylation sites (N-methyl/N-ethyl adjacent to an activating group) is 1. The van der Waals surface area contributed by atoms with Crippen molar-refractivity contribution in [1.29, 1.82) is 0 Å². The van der Waals surface area contributed by atoms with Crippen molar-refractivity contribution in [2.45, 2.75) is 18.6 Å². The van der Waals surface area contributed by atoms with Crippen LogP contribution in [0.1, 0.15) is 6.42 Å². The van der Waals surface area contributed by atoms with E-state index in [-0.39, 0.29) is 24.7 Å². The first-order valence-electron chi connectivity index (χ1n) is 7.37. The molecule has 1 aliphatic rings. The minimum absolute atomic E-state index is 0.0520. The highest BCUT2D eigenvalue weighted by molar-refractivity contribution is 5.90. The maximum atomic E-state index is 12.5. The van der Waals surface area contributed by atoms with Gasteiger partial charge < -0.3 is 15.5 Å². The number of nitrogens with zero attached hydrogens (tertiary/aromatic N) is 4. The van der Waals surface area contributed by atoms with Crippen LogP contribution in [0.3, 0.4) is 0 Å². The Balaban J connectivity index is 1.85. The second-order valence-corrected chi connectivity index (χ2v) is 5.72. The van der Waals surface area contributed by atoms with E-state index in [0.29, 0.717) is 10.9 Å². The number of amides is 1. The molecular formula is C15H16F3N5O. The molecule has 1 aromatic heterocycles. The fourth-order valence-electron chi connectivity index (χ4n) is 2.84. The lowest BCUT2D eigenvalue weighted by Gasteiger charge is -2.24. The van der Waals surface area contributed by atoms with Crippen molar-refractivity contribution in [3.63, 3.8) is 0 Å². The molecule has 6 nitrogen and oxygen atoms in total. The number of rotatable bonds is 3. The molecule has 2 N–H and O–H groups in total. The number of carbonyl (C=O) groups is 1. The summed E-state index contributed by atoms with van der Waals surface area (Å²) >= 11 is 0. The Bertz CT molecular complexity index is 779. The zero-order chi connectivity index (χ0) is 17.5. The molecule has 0 spiro atoms. The number of hydrogen-bond acceptors (Lipinski definition) is 5. The summed E-state index contributed by atoms with van der Waals surface area (Å²) < 4.78 is 37.5. The maximum Gasteiger partial charge on any atom is 0.406 e. The van der Waals surface area contributed by atoms with Crippen LogP contribution in [0.25, 0.3) is 10.9 Å². The Morgan fingerprint density at radius 1 is 1.33 bits per heavy atom. The molecule has 2 aromatic rings. The lowest BCUT2D eigenvalue weighted by molar-refractivity contribution is -0.157. The van der Waals surface area contributed by atoms with E-state index in [4.69, 9.17) is 5.73 Å². The van der Waals surface area contributed by atoms with E-state index in [1.165, 1.54) is 4.90 Å². The van der Waals surface area contributed by atoms with Gasteiger partial charge in [0.1, 0.15) is 18.4 Å². The lowest BCUT2D eigenvalue weighted by atomic mass is 10.2. The van der Waals surface area contributed by atoms with Crippen LogP contribution in [0.15, 0.2) is 24.3 Å². The summed E-state index contributed by atoms with van der Waals surface area (Å²) in [6, 6.07) is 6.41. The van der Waals surface area contributed by atoms with Crippen LogP contribution < -0.4 is 10.6 Å². The molecule has 1 atom stereocenters. The number of nitrogens with two attached hydrogens (primary N) is 1. The summed E-state index contributed by atoms with van der Waals surface area (Å²) in [6.45, 7) is -1.19. The third kappa shape index (κ3) is 3.06. The zero-order valence-electron chi connectivity index (χ0n) is 12.9. The van der Waals surface area contributed by atoms with Crippen molar-refractivity contribution >= 4 is 28.6 Å². The average Bonchev–Trinajstić information content (AvgIpc) is 2.86. The van der Waals surface area contributed by atoms with Gasteiger partial charge in [-0.1, -0.05) is 12.1 Å². The number of benzene rings is 1. The summed E-state index contributed by atoms with van der Waals surface area (Å²) in [5.41, 5.74) is 6.53. The molecule has 0 unspecified atom stereocenters. The van der Waals surface area contributed by atoms with E-state index in [1.807, 2.05) is 0 Å². The standard InChI is InChI=1S/C15H16F3N5O/c1-22(11-6-7-23(13(11)24)8-15(16,17)18)14-20-10-5-3-2-4-9(10)12(19)21-14/h2-5,11H,6-8H2,1H3,(H2,19,20,21)/t11-/m0/s1. The van der Waals surface area contributed by atoms with Gasteiger partial charge >= 0.3 is 6.18 Å². The minimum atomic E-state index is -4.41. The molecule has 1 aromatic carbocycles. The van der Waals surface area contributed by atoms with Gasteiger partial charge in [-0.05, 0) is 18.6 Å². The van der Waals surface area contributed by atoms with E-state index in [1.54, 1.807) is 31.3 Å². The van der Waals surface area contributed by atoms with Crippen LogP contribution in [0.5, 0.6) is 0 Å². The quantitative estimate of drug-likeness (QED) is 0.923. The molecule has 1 saturated heterocycles. The topological polar surface area (TPSA) is 75.4 Å². The number of hydrogen-bond donors (Lipinski definition) is 1. The summed E-state index contributed by atoms with van der Waals surface area (Å²) in [6.07, 6.45) is -4.13. The van der Waals surface area contributed by atoms with Gasteiger partial charge in [-0.2, -0.15) is 18.2 Å². The Labute approximate surface area is 136 Å². The molecular weight excluding hydrogens is 323 g/mol. The average molecular weight is 339 g/mol. The van der Waals surface area contributed by atoms with E-state index in [0.717, 1.165) is 4.90 Å². The number of carbonyl (C=O) groups excluding carboxylic acids is 1. The molecule has 2 heterocycles. The molecule has 1 aliphatic heterocycles. The predicted octanol–water partition coefficient (Wildman–Crippen LogP) is 1.81. The number of anilines is 2. The van der Waals surface area contributed by atoms with Crippen molar-refractivity contribution in [2.24, 2.45) is 0 Å². The first-order chi connectivity index (χ1) is 11.3.